The summed E-state index contributed by atoms with van der Waals surface area (Å²) in [5.41, 5.74) is 0. The molecule has 0 bridgehead atoms. The van der Waals surface area contributed by atoms with Crippen LogP contribution in [0, 0.1) is 0 Å². The summed E-state index contributed by atoms with van der Waals surface area (Å²) in [5.74, 6) is 0. The van der Waals surface area contributed by atoms with Crippen LogP contribution in [0.15, 0.2) is 20.5 Å². The van der Waals surface area contributed by atoms with E-state index in [4.69, 9.17) is 11.6 Å². The molecule has 47 valence electrons. The molecular weight excluding hydrogens is 164 g/mol. The minimum absolute atomic E-state index is 0.104. The molecule has 0 unspecified atom stereocenters. The molecule has 0 N–H and O–H groups in total. The number of allylic oxidation sites excluding steroid dienone is 4. The summed E-state index contributed by atoms with van der Waals surface area (Å²) in [7, 11) is 0. The Labute approximate surface area is 72.3 Å². The van der Waals surface area contributed by atoms with Gasteiger partial charge in [-0.3, -0.25) is 0 Å². The van der Waals surface area contributed by atoms with Gasteiger partial charge in [-0.15, -0.1) is 0 Å². The molecule has 1 aliphatic carbocycles. The van der Waals surface area contributed by atoms with E-state index in [1.165, 1.54) is 4.18 Å². The number of rotatable bonds is 2. The minimum atomic E-state index is -0.104. The van der Waals surface area contributed by atoms with Gasteiger partial charge in [0.05, 0.1) is 0 Å². The van der Waals surface area contributed by atoms with Crippen molar-refractivity contribution in [1.29, 1.82) is 0 Å². The normalized spacial score (nSPS) is 16.7. The summed E-state index contributed by atoms with van der Waals surface area (Å²) in [4.78, 5) is 0. The van der Waals surface area contributed by atoms with Gasteiger partial charge in [-0.2, -0.15) is 0 Å². The van der Waals surface area contributed by atoms with Crippen LogP contribution in [0.5, 0.6) is 0 Å². The maximum absolute atomic E-state index is 5.89. The first kappa shape index (κ1) is 7.74. The first-order valence-corrected chi connectivity index (χ1v) is 5.78. The SMILES string of the molecule is C[CH2][Sc][C]1=C(Cl)C=CC1. The fraction of sp³-hybridized carbons (Fsp3) is 0.429. The van der Waals surface area contributed by atoms with Crippen LogP contribution in [0.2, 0.25) is 4.18 Å². The zero-order valence-electron chi connectivity index (χ0n) is 5.52. The number of halogens is 1. The van der Waals surface area contributed by atoms with E-state index in [0.29, 0.717) is 0 Å². The summed E-state index contributed by atoms with van der Waals surface area (Å²) in [5, 5.41) is 1.04. The second kappa shape index (κ2) is 3.72. The number of hydrogen-bond acceptors (Lipinski definition) is 0. The Morgan fingerprint density at radius 3 is 3.00 bits per heavy atom. The molecule has 0 nitrogen and oxygen atoms in total. The Kier molecular flexibility index (Phi) is 3.20. The quantitative estimate of drug-likeness (QED) is 0.602. The molecule has 9 heavy (non-hydrogen) atoms. The van der Waals surface area contributed by atoms with E-state index in [1.807, 2.05) is 6.08 Å². The molecule has 1 aliphatic rings. The van der Waals surface area contributed by atoms with Crippen LogP contribution in [0.1, 0.15) is 13.3 Å². The van der Waals surface area contributed by atoms with Gasteiger partial charge in [-0.05, 0) is 0 Å². The van der Waals surface area contributed by atoms with Gasteiger partial charge in [0, 0.05) is 0 Å². The molecular formula is C7H9ClSc. The predicted octanol–water partition coefficient (Wildman–Crippen LogP) is 2.92. The van der Waals surface area contributed by atoms with E-state index in [2.05, 4.69) is 13.0 Å². The van der Waals surface area contributed by atoms with Crippen LogP contribution >= 0.6 is 11.6 Å². The summed E-state index contributed by atoms with van der Waals surface area (Å²) in [6.45, 7) is 2.25. The standard InChI is InChI=1S/C5H4Cl.C2H5.Sc/c6-5-3-1-2-4-5;1-2;/h1,3H,2H2;1H2,2H3;. The summed E-state index contributed by atoms with van der Waals surface area (Å²) >= 11 is 5.78. The zero-order valence-corrected chi connectivity index (χ0v) is 8.08. The van der Waals surface area contributed by atoms with Crippen molar-refractivity contribution in [2.75, 3.05) is 0 Å². The summed E-state index contributed by atoms with van der Waals surface area (Å²) < 4.78 is 2.92. The van der Waals surface area contributed by atoms with E-state index >= 15 is 0 Å². The Balaban J connectivity index is 2.51. The molecule has 0 saturated carbocycles. The Bertz CT molecular complexity index is 158. The molecule has 0 saturated heterocycles. The first-order chi connectivity index (χ1) is 4.34. The fourth-order valence-electron chi connectivity index (χ4n) is 0.921. The Morgan fingerprint density at radius 2 is 2.56 bits per heavy atom. The van der Waals surface area contributed by atoms with Gasteiger partial charge in [-0.1, -0.05) is 0 Å². The molecule has 0 aromatic heterocycles. The molecule has 0 aromatic carbocycles. The number of hydrogen-bond donors (Lipinski definition) is 0. The van der Waals surface area contributed by atoms with Crippen LogP contribution < -0.4 is 0 Å². The van der Waals surface area contributed by atoms with Gasteiger partial charge in [0.25, 0.3) is 0 Å². The average Bonchev–Trinajstić information content (AvgIpc) is 2.18. The zero-order chi connectivity index (χ0) is 6.69. The molecule has 0 spiro atoms. The van der Waals surface area contributed by atoms with E-state index in [0.717, 1.165) is 11.5 Å². The van der Waals surface area contributed by atoms with Crippen molar-refractivity contribution in [3.05, 3.63) is 20.5 Å². The van der Waals surface area contributed by atoms with E-state index in [1.54, 1.807) is 3.33 Å². The van der Waals surface area contributed by atoms with Crippen molar-refractivity contribution in [3.8, 4) is 0 Å². The Hall–Kier alpha value is 0.640. The van der Waals surface area contributed by atoms with Gasteiger partial charge in [-0.25, -0.2) is 0 Å². The maximum atomic E-state index is 5.89. The molecule has 0 atom stereocenters. The molecule has 0 aromatic rings. The topological polar surface area (TPSA) is 0 Å². The molecule has 2 heteroatoms. The monoisotopic (exact) mass is 173 g/mol. The van der Waals surface area contributed by atoms with E-state index in [9.17, 15) is 0 Å². The predicted molar refractivity (Wildman–Crippen MR) is 37.1 cm³/mol. The van der Waals surface area contributed by atoms with E-state index in [-0.39, 0.29) is 22.9 Å². The third kappa shape index (κ3) is 2.05. The van der Waals surface area contributed by atoms with Gasteiger partial charge < -0.3 is 0 Å². The molecule has 0 aliphatic heterocycles. The second-order valence-electron chi connectivity index (χ2n) is 2.09. The van der Waals surface area contributed by atoms with Gasteiger partial charge >= 0.3 is 72.5 Å². The third-order valence-corrected chi connectivity index (χ3v) is 4.27. The summed E-state index contributed by atoms with van der Waals surface area (Å²) in [6, 6.07) is 0. The van der Waals surface area contributed by atoms with Crippen molar-refractivity contribution < 1.29 is 22.9 Å². The average molecular weight is 174 g/mol. The van der Waals surface area contributed by atoms with Crippen molar-refractivity contribution >= 4 is 11.6 Å². The molecule has 0 radical (unpaired) electrons. The third-order valence-electron chi connectivity index (χ3n) is 1.36. The molecule has 0 heterocycles. The van der Waals surface area contributed by atoms with Crippen molar-refractivity contribution in [3.63, 3.8) is 0 Å². The molecule has 0 amide bonds. The molecule has 0 fully saturated rings. The van der Waals surface area contributed by atoms with Crippen molar-refractivity contribution in [2.45, 2.75) is 17.5 Å². The van der Waals surface area contributed by atoms with Crippen molar-refractivity contribution in [1.82, 2.24) is 0 Å². The first-order valence-electron chi connectivity index (χ1n) is 3.23. The van der Waals surface area contributed by atoms with Crippen LogP contribution in [0.3, 0.4) is 0 Å². The van der Waals surface area contributed by atoms with E-state index < -0.39 is 0 Å². The Morgan fingerprint density at radius 1 is 1.78 bits per heavy atom. The summed E-state index contributed by atoms with van der Waals surface area (Å²) in [6.07, 6.45) is 5.33. The fourth-order valence-corrected chi connectivity index (χ4v) is 3.10. The van der Waals surface area contributed by atoms with Crippen LogP contribution in [-0.2, 0) is 22.9 Å². The van der Waals surface area contributed by atoms with Crippen molar-refractivity contribution in [2.24, 2.45) is 0 Å². The van der Waals surface area contributed by atoms with Crippen LogP contribution in [-0.4, -0.2) is 0 Å². The molecule has 1 rings (SSSR count). The van der Waals surface area contributed by atoms with Crippen LogP contribution in [0.4, 0.5) is 0 Å². The van der Waals surface area contributed by atoms with Crippen LogP contribution in [0.25, 0.3) is 0 Å². The van der Waals surface area contributed by atoms with Gasteiger partial charge in [0.15, 0.2) is 0 Å². The van der Waals surface area contributed by atoms with Gasteiger partial charge in [0.1, 0.15) is 0 Å². The van der Waals surface area contributed by atoms with Gasteiger partial charge in [0.2, 0.25) is 0 Å². The second-order valence-corrected chi connectivity index (χ2v) is 5.50.